The molecule has 1 saturated carbocycles. The van der Waals surface area contributed by atoms with Gasteiger partial charge in [-0.1, -0.05) is 12.1 Å². The molecule has 0 saturated heterocycles. The smallest absolute Gasteiger partial charge is 0.280 e. The highest BCUT2D eigenvalue weighted by molar-refractivity contribution is 7.14. The number of allylic oxidation sites excluding steroid dienone is 1. The first-order valence-electron chi connectivity index (χ1n) is 13.6. The molecule has 0 radical (unpaired) electrons. The summed E-state index contributed by atoms with van der Waals surface area (Å²) in [6, 6.07) is 12.0. The first-order chi connectivity index (χ1) is 18.7. The Morgan fingerprint density at radius 3 is 2.38 bits per heavy atom. The van der Waals surface area contributed by atoms with Crippen molar-refractivity contribution in [2.75, 3.05) is 19.0 Å². The molecule has 1 aromatic carbocycles. The second-order valence-corrected chi connectivity index (χ2v) is 11.4. The van der Waals surface area contributed by atoms with E-state index in [1.807, 2.05) is 32.3 Å². The van der Waals surface area contributed by atoms with Crippen molar-refractivity contribution in [2.24, 2.45) is 22.4 Å². The molecule has 4 rings (SSSR count). The third-order valence-corrected chi connectivity index (χ3v) is 9.10. The monoisotopic (exact) mass is 551 g/mol. The van der Waals surface area contributed by atoms with Gasteiger partial charge in [0.15, 0.2) is 5.96 Å². The van der Waals surface area contributed by atoms with Gasteiger partial charge >= 0.3 is 0 Å². The van der Waals surface area contributed by atoms with Gasteiger partial charge in [-0.05, 0) is 94.8 Å². The lowest BCUT2D eigenvalue weighted by Crippen LogP contribution is -2.44. The number of thiophene rings is 1. The zero-order valence-electron chi connectivity index (χ0n) is 23.3. The quantitative estimate of drug-likeness (QED) is 0.278. The van der Waals surface area contributed by atoms with Crippen LogP contribution in [-0.2, 0) is 11.3 Å². The van der Waals surface area contributed by atoms with Crippen LogP contribution >= 0.6 is 11.3 Å². The first-order valence-corrected chi connectivity index (χ1v) is 14.5. The number of aliphatic imine (C=N–C) groups is 1. The molecule has 1 aliphatic carbocycles. The maximum atomic E-state index is 14.3. The minimum Gasteiger partial charge on any atom is -0.370 e. The Morgan fingerprint density at radius 2 is 1.82 bits per heavy atom. The highest BCUT2D eigenvalue weighted by Gasteiger charge is 2.38. The fourth-order valence-electron chi connectivity index (χ4n) is 5.83. The lowest BCUT2D eigenvalue weighted by Gasteiger charge is -2.39. The lowest BCUT2D eigenvalue weighted by atomic mass is 9.81. The molecule has 6 N–H and O–H groups in total. The van der Waals surface area contributed by atoms with Crippen LogP contribution in [0.25, 0.3) is 0 Å². The van der Waals surface area contributed by atoms with Crippen LogP contribution in [0.5, 0.6) is 0 Å². The number of nitrogens with zero attached hydrogens (tertiary/aromatic N) is 3. The number of nitrogens with two attached hydrogens (primary N) is 2. The van der Waals surface area contributed by atoms with Crippen LogP contribution in [0.4, 0.5) is 5.00 Å². The van der Waals surface area contributed by atoms with E-state index in [0.717, 1.165) is 47.5 Å². The van der Waals surface area contributed by atoms with Crippen LogP contribution in [0.1, 0.15) is 61.9 Å². The summed E-state index contributed by atoms with van der Waals surface area (Å²) in [7, 11) is 3.96. The lowest BCUT2D eigenvalue weighted by molar-refractivity contribution is -0.131. The number of rotatable bonds is 9. The fraction of sp³-hybridized carbons (Fsp3) is 0.483. The number of anilines is 1. The minimum atomic E-state index is -0.482. The summed E-state index contributed by atoms with van der Waals surface area (Å²) >= 11 is 1.68. The summed E-state index contributed by atoms with van der Waals surface area (Å²) in [6.07, 6.45) is 4.80. The zero-order chi connectivity index (χ0) is 28.1. The van der Waals surface area contributed by atoms with E-state index in [4.69, 9.17) is 11.5 Å². The van der Waals surface area contributed by atoms with E-state index < -0.39 is 5.91 Å². The van der Waals surface area contributed by atoms with Gasteiger partial charge in [0.2, 0.25) is 0 Å². The van der Waals surface area contributed by atoms with Gasteiger partial charge in [-0.2, -0.15) is 4.99 Å². The summed E-state index contributed by atoms with van der Waals surface area (Å²) in [4.78, 5) is 34.5. The highest BCUT2D eigenvalue weighted by atomic mass is 32.1. The van der Waals surface area contributed by atoms with E-state index >= 15 is 0 Å². The van der Waals surface area contributed by atoms with Gasteiger partial charge in [-0.3, -0.25) is 14.9 Å². The summed E-state index contributed by atoms with van der Waals surface area (Å²) < 4.78 is 0. The van der Waals surface area contributed by atoms with Crippen molar-refractivity contribution >= 4 is 34.1 Å². The molecule has 2 amide bonds. The average Bonchev–Trinajstić information content (AvgIpc) is 3.58. The molecule has 10 heteroatoms. The Labute approximate surface area is 235 Å². The number of hydrogen-bond acceptors (Lipinski definition) is 6. The van der Waals surface area contributed by atoms with Gasteiger partial charge in [-0.25, -0.2) is 0 Å². The van der Waals surface area contributed by atoms with Gasteiger partial charge in [0, 0.05) is 41.9 Å². The van der Waals surface area contributed by atoms with Crippen molar-refractivity contribution in [1.82, 2.24) is 15.5 Å². The van der Waals surface area contributed by atoms with Gasteiger partial charge in [0.1, 0.15) is 0 Å². The molecule has 2 aliphatic rings. The first kappa shape index (κ1) is 28.8. The number of hydrogen-bond donors (Lipinski definition) is 4. The number of amides is 2. The number of nitrogens with one attached hydrogen (secondary N) is 2. The van der Waals surface area contributed by atoms with Crippen molar-refractivity contribution in [1.29, 1.82) is 0 Å². The summed E-state index contributed by atoms with van der Waals surface area (Å²) in [6.45, 7) is 4.77. The number of carbonyl (C=O) groups excluding carboxylic acids is 2. The number of guanidine groups is 1. The van der Waals surface area contributed by atoms with Gasteiger partial charge in [-0.15, -0.1) is 11.3 Å². The molecule has 1 aromatic heterocycles. The molecule has 0 bridgehead atoms. The largest absolute Gasteiger partial charge is 0.370 e. The molecule has 39 heavy (non-hydrogen) atoms. The summed E-state index contributed by atoms with van der Waals surface area (Å²) in [5.74, 6) is -0.0391. The van der Waals surface area contributed by atoms with E-state index in [0.29, 0.717) is 30.5 Å². The molecule has 2 unspecified atom stereocenters. The predicted molar refractivity (Wildman–Crippen MR) is 158 cm³/mol. The maximum absolute atomic E-state index is 14.3. The topological polar surface area (TPSA) is 129 Å². The molecule has 0 spiro atoms. The van der Waals surface area contributed by atoms with Crippen molar-refractivity contribution in [2.45, 2.75) is 70.7 Å². The van der Waals surface area contributed by atoms with Crippen molar-refractivity contribution in [3.05, 3.63) is 64.2 Å². The molecule has 1 aliphatic heterocycles. The van der Waals surface area contributed by atoms with Crippen molar-refractivity contribution < 1.29 is 9.59 Å². The van der Waals surface area contributed by atoms with Gasteiger partial charge in [0.25, 0.3) is 11.8 Å². The van der Waals surface area contributed by atoms with Crippen LogP contribution in [0, 0.1) is 5.92 Å². The normalized spacial score (nSPS) is 22.1. The van der Waals surface area contributed by atoms with Gasteiger partial charge < -0.3 is 26.6 Å². The number of carbonyl (C=O) groups is 2. The van der Waals surface area contributed by atoms with E-state index in [1.54, 1.807) is 23.5 Å². The molecular formula is C29H41N7O2S. The second kappa shape index (κ2) is 12.8. The zero-order valence-corrected chi connectivity index (χ0v) is 24.1. The van der Waals surface area contributed by atoms with Crippen LogP contribution in [0.15, 0.2) is 58.0 Å². The summed E-state index contributed by atoms with van der Waals surface area (Å²) in [5, 5.41) is 9.98. The van der Waals surface area contributed by atoms with Crippen LogP contribution < -0.4 is 27.0 Å². The van der Waals surface area contributed by atoms with E-state index in [-0.39, 0.29) is 24.1 Å². The van der Waals surface area contributed by atoms with Gasteiger partial charge in [0.05, 0.1) is 11.2 Å². The Kier molecular flexibility index (Phi) is 9.42. The highest BCUT2D eigenvalue weighted by Crippen LogP contribution is 2.38. The third kappa shape index (κ3) is 6.51. The molecule has 2 aromatic rings. The molecule has 2 heterocycles. The summed E-state index contributed by atoms with van der Waals surface area (Å²) in [5.41, 5.74) is 13.9. The fourth-order valence-corrected chi connectivity index (χ4v) is 6.66. The van der Waals surface area contributed by atoms with E-state index in [9.17, 15) is 9.59 Å². The molecule has 2 atom stereocenters. The van der Waals surface area contributed by atoms with Crippen LogP contribution in [0.3, 0.4) is 0 Å². The van der Waals surface area contributed by atoms with Crippen molar-refractivity contribution in [3.8, 4) is 0 Å². The maximum Gasteiger partial charge on any atom is 0.280 e. The van der Waals surface area contributed by atoms with Crippen molar-refractivity contribution in [3.63, 3.8) is 0 Å². The third-order valence-electron chi connectivity index (χ3n) is 8.23. The van der Waals surface area contributed by atoms with E-state index in [1.165, 1.54) is 0 Å². The SMILES string of the molecule is CNC(C)C1CCC(N(Cc2ccc(C(=O)N=C(N)N)cc2)C(=O)C2=C(C)N(c3cccs3)C(NC)C2)CC1. The Balaban J connectivity index is 1.60. The Hall–Kier alpha value is -3.21. The minimum absolute atomic E-state index is 0.0393. The molecular weight excluding hydrogens is 510 g/mol. The Morgan fingerprint density at radius 1 is 1.13 bits per heavy atom. The Bertz CT molecular complexity index is 1200. The van der Waals surface area contributed by atoms with Crippen LogP contribution in [0.2, 0.25) is 0 Å². The van der Waals surface area contributed by atoms with E-state index in [2.05, 4.69) is 50.7 Å². The average molecular weight is 552 g/mol. The number of benzene rings is 1. The molecule has 1 fully saturated rings. The standard InChI is InChI=1S/C29H41N7O2S/c1-18(32-3)21-11-13-23(14-12-21)35(17-20-7-9-22(10-8-20)27(37)34-29(30)31)28(38)24-16-25(33-4)36(19(24)2)26-6-5-15-39-26/h5-10,15,18,21,23,25,32-33H,11-14,16-17H2,1-4H3,(H4,30,31,34,37). The predicted octanol–water partition coefficient (Wildman–Crippen LogP) is 3.39. The second-order valence-electron chi connectivity index (χ2n) is 10.5. The molecule has 9 nitrogen and oxygen atoms in total. The van der Waals surface area contributed by atoms with Crippen LogP contribution in [-0.4, -0.2) is 55.0 Å². The molecule has 210 valence electrons.